The van der Waals surface area contributed by atoms with E-state index >= 15 is 0 Å². The van der Waals surface area contributed by atoms with Crippen molar-refractivity contribution in [3.05, 3.63) is 26.0 Å². The summed E-state index contributed by atoms with van der Waals surface area (Å²) >= 11 is 0. The molecule has 2 N–H and O–H groups in total. The first-order valence-electron chi connectivity index (χ1n) is 3.95. The standard InChI is InChI=1S/C10H11NO2/c1-10(2,3)5-4-6-7(11)9(13)8(6)12/h11H2,1-3H3. The van der Waals surface area contributed by atoms with Crippen LogP contribution in [0.3, 0.4) is 0 Å². The van der Waals surface area contributed by atoms with E-state index in [0.717, 1.165) is 0 Å². The Morgan fingerprint density at radius 2 is 1.69 bits per heavy atom. The molecule has 0 radical (unpaired) electrons. The molecule has 13 heavy (non-hydrogen) atoms. The topological polar surface area (TPSA) is 60.2 Å². The minimum Gasteiger partial charge on any atom is -0.394 e. The van der Waals surface area contributed by atoms with Gasteiger partial charge in [0.15, 0.2) is 0 Å². The van der Waals surface area contributed by atoms with Gasteiger partial charge in [0.05, 0.1) is 0 Å². The highest BCUT2D eigenvalue weighted by Crippen LogP contribution is 2.11. The molecule has 0 heterocycles. The van der Waals surface area contributed by atoms with E-state index in [1.165, 1.54) is 0 Å². The third-order valence-electron chi connectivity index (χ3n) is 1.51. The van der Waals surface area contributed by atoms with Crippen LogP contribution in [-0.4, -0.2) is 0 Å². The summed E-state index contributed by atoms with van der Waals surface area (Å²) in [6.45, 7) is 5.76. The van der Waals surface area contributed by atoms with E-state index in [4.69, 9.17) is 5.73 Å². The maximum absolute atomic E-state index is 10.9. The number of nitrogen functional groups attached to an aromatic ring is 1. The molecular weight excluding hydrogens is 166 g/mol. The zero-order valence-corrected chi connectivity index (χ0v) is 7.89. The summed E-state index contributed by atoms with van der Waals surface area (Å²) in [5.74, 6) is 5.47. The molecule has 0 spiro atoms. The first-order chi connectivity index (χ1) is 5.83. The van der Waals surface area contributed by atoms with Crippen LogP contribution < -0.4 is 16.6 Å². The van der Waals surface area contributed by atoms with Crippen LogP contribution >= 0.6 is 0 Å². The molecule has 0 aliphatic rings. The summed E-state index contributed by atoms with van der Waals surface area (Å²) in [5, 5.41) is 0. The fourth-order valence-corrected chi connectivity index (χ4v) is 0.783. The predicted octanol–water partition coefficient (Wildman–Crippen LogP) is 0.262. The average Bonchev–Trinajstić information content (AvgIpc) is 2.01. The van der Waals surface area contributed by atoms with Gasteiger partial charge in [-0.3, -0.25) is 9.59 Å². The summed E-state index contributed by atoms with van der Waals surface area (Å²) in [5.41, 5.74) is 4.10. The maximum atomic E-state index is 10.9. The Bertz CT molecular complexity index is 459. The normalized spacial score (nSPS) is 11.0. The van der Waals surface area contributed by atoms with Crippen molar-refractivity contribution in [2.24, 2.45) is 5.41 Å². The Balaban J connectivity index is 3.07. The van der Waals surface area contributed by atoms with Gasteiger partial charge >= 0.3 is 0 Å². The van der Waals surface area contributed by atoms with Gasteiger partial charge in [-0.25, -0.2) is 0 Å². The fraction of sp³-hybridized carbons (Fsp3) is 0.400. The van der Waals surface area contributed by atoms with Gasteiger partial charge in [0, 0.05) is 5.41 Å². The van der Waals surface area contributed by atoms with Gasteiger partial charge in [-0.2, -0.15) is 0 Å². The van der Waals surface area contributed by atoms with E-state index in [0.29, 0.717) is 0 Å². The molecule has 1 aromatic rings. The summed E-state index contributed by atoms with van der Waals surface area (Å²) in [4.78, 5) is 21.6. The zero-order chi connectivity index (χ0) is 10.2. The number of rotatable bonds is 0. The Hall–Kier alpha value is -1.56. The first kappa shape index (κ1) is 9.53. The summed E-state index contributed by atoms with van der Waals surface area (Å²) < 4.78 is 0. The van der Waals surface area contributed by atoms with Crippen molar-refractivity contribution in [3.8, 4) is 11.8 Å². The molecule has 1 rings (SSSR count). The third kappa shape index (κ3) is 1.78. The molecule has 0 bridgehead atoms. The molecule has 0 saturated carbocycles. The minimum atomic E-state index is -0.613. The molecule has 3 nitrogen and oxygen atoms in total. The van der Waals surface area contributed by atoms with Crippen LogP contribution in [0.4, 0.5) is 5.69 Å². The molecule has 0 unspecified atom stereocenters. The van der Waals surface area contributed by atoms with Gasteiger partial charge in [-0.05, 0) is 20.8 Å². The van der Waals surface area contributed by atoms with Crippen molar-refractivity contribution < 1.29 is 0 Å². The zero-order valence-electron chi connectivity index (χ0n) is 7.89. The molecular formula is C10H11NO2. The van der Waals surface area contributed by atoms with E-state index in [1.54, 1.807) is 0 Å². The van der Waals surface area contributed by atoms with Crippen molar-refractivity contribution >= 4 is 5.69 Å². The predicted molar refractivity (Wildman–Crippen MR) is 52.1 cm³/mol. The van der Waals surface area contributed by atoms with Crippen molar-refractivity contribution in [1.82, 2.24) is 0 Å². The van der Waals surface area contributed by atoms with Crippen LogP contribution in [0.25, 0.3) is 0 Å². The second-order valence-electron chi connectivity index (χ2n) is 3.95. The number of nitrogens with two attached hydrogens (primary N) is 1. The van der Waals surface area contributed by atoms with Gasteiger partial charge in [-0.15, -0.1) is 0 Å². The third-order valence-corrected chi connectivity index (χ3v) is 1.51. The van der Waals surface area contributed by atoms with Crippen LogP contribution in [0.1, 0.15) is 26.3 Å². The second-order valence-corrected chi connectivity index (χ2v) is 3.95. The quantitative estimate of drug-likeness (QED) is 0.457. The lowest BCUT2D eigenvalue weighted by atomic mass is 9.96. The number of hydrogen-bond acceptors (Lipinski definition) is 3. The highest BCUT2D eigenvalue weighted by Gasteiger charge is 2.15. The lowest BCUT2D eigenvalue weighted by Gasteiger charge is -2.07. The highest BCUT2D eigenvalue weighted by molar-refractivity contribution is 5.60. The molecule has 0 atom stereocenters. The van der Waals surface area contributed by atoms with E-state index in [1.807, 2.05) is 20.8 Å². The van der Waals surface area contributed by atoms with Crippen molar-refractivity contribution in [1.29, 1.82) is 0 Å². The van der Waals surface area contributed by atoms with Gasteiger partial charge in [0.25, 0.3) is 5.43 Å². The molecule has 1 aromatic carbocycles. The van der Waals surface area contributed by atoms with Crippen molar-refractivity contribution in [3.63, 3.8) is 0 Å². The van der Waals surface area contributed by atoms with Gasteiger partial charge in [0.2, 0.25) is 5.43 Å². The number of anilines is 1. The molecule has 0 aliphatic carbocycles. The van der Waals surface area contributed by atoms with E-state index < -0.39 is 10.9 Å². The maximum Gasteiger partial charge on any atom is 0.251 e. The average molecular weight is 177 g/mol. The summed E-state index contributed by atoms with van der Waals surface area (Å²) in [6, 6.07) is 0. The Kier molecular flexibility index (Phi) is 2.01. The molecule has 0 aliphatic heterocycles. The van der Waals surface area contributed by atoms with Crippen LogP contribution in [0.5, 0.6) is 0 Å². The molecule has 68 valence electrons. The summed E-state index contributed by atoms with van der Waals surface area (Å²) in [6.07, 6.45) is 0. The minimum absolute atomic E-state index is 0.00162. The number of hydrogen-bond donors (Lipinski definition) is 1. The van der Waals surface area contributed by atoms with Crippen LogP contribution in [0.15, 0.2) is 9.59 Å². The van der Waals surface area contributed by atoms with Crippen LogP contribution in [0.2, 0.25) is 0 Å². The molecule has 3 heteroatoms. The lowest BCUT2D eigenvalue weighted by Crippen LogP contribution is -2.37. The van der Waals surface area contributed by atoms with Gasteiger partial charge in [-0.1, -0.05) is 11.8 Å². The SMILES string of the molecule is CC(C)(C)C#Cc1c(N)c(=O)c1=O. The lowest BCUT2D eigenvalue weighted by molar-refractivity contribution is 0.571. The second kappa shape index (κ2) is 2.74. The molecule has 0 fully saturated rings. The van der Waals surface area contributed by atoms with E-state index in [-0.39, 0.29) is 16.7 Å². The first-order valence-corrected chi connectivity index (χ1v) is 3.95. The summed E-state index contributed by atoms with van der Waals surface area (Å²) in [7, 11) is 0. The Morgan fingerprint density at radius 1 is 1.15 bits per heavy atom. The van der Waals surface area contributed by atoms with Gasteiger partial charge < -0.3 is 5.73 Å². The fourth-order valence-electron chi connectivity index (χ4n) is 0.783. The van der Waals surface area contributed by atoms with Crippen molar-refractivity contribution in [2.75, 3.05) is 5.73 Å². The monoisotopic (exact) mass is 177 g/mol. The van der Waals surface area contributed by atoms with E-state index in [2.05, 4.69) is 11.8 Å². The highest BCUT2D eigenvalue weighted by atomic mass is 16.2. The Labute approximate surface area is 76.3 Å². The molecule has 0 aromatic heterocycles. The molecule has 0 amide bonds. The molecule has 0 saturated heterocycles. The van der Waals surface area contributed by atoms with Crippen LogP contribution in [-0.2, 0) is 0 Å². The van der Waals surface area contributed by atoms with Gasteiger partial charge in [0.1, 0.15) is 11.3 Å². The Morgan fingerprint density at radius 3 is 2.08 bits per heavy atom. The largest absolute Gasteiger partial charge is 0.394 e. The van der Waals surface area contributed by atoms with Crippen LogP contribution in [0, 0.1) is 17.3 Å². The van der Waals surface area contributed by atoms with E-state index in [9.17, 15) is 9.59 Å². The smallest absolute Gasteiger partial charge is 0.251 e. The van der Waals surface area contributed by atoms with Crippen molar-refractivity contribution in [2.45, 2.75) is 20.8 Å².